The summed E-state index contributed by atoms with van der Waals surface area (Å²) in [6.45, 7) is 3.75. The predicted octanol–water partition coefficient (Wildman–Crippen LogP) is 4.30. The van der Waals surface area contributed by atoms with Crippen LogP contribution in [0.3, 0.4) is 0 Å². The van der Waals surface area contributed by atoms with Gasteiger partial charge in [-0.15, -0.1) is 6.58 Å². The van der Waals surface area contributed by atoms with E-state index < -0.39 is 0 Å². The van der Waals surface area contributed by atoms with Gasteiger partial charge in [-0.25, -0.2) is 0 Å². The molecule has 98 valence electrons. The molecule has 1 N–H and O–H groups in total. The van der Waals surface area contributed by atoms with Gasteiger partial charge in [0.05, 0.1) is 5.60 Å². The van der Waals surface area contributed by atoms with Crippen molar-refractivity contribution in [3.8, 4) is 0 Å². The summed E-state index contributed by atoms with van der Waals surface area (Å²) >= 11 is 2.15. The summed E-state index contributed by atoms with van der Waals surface area (Å²) < 4.78 is 0. The highest BCUT2D eigenvalue weighted by Gasteiger charge is 2.40. The van der Waals surface area contributed by atoms with Crippen molar-refractivity contribution in [1.29, 1.82) is 0 Å². The summed E-state index contributed by atoms with van der Waals surface area (Å²) in [4.78, 5) is 0. The van der Waals surface area contributed by atoms with Crippen LogP contribution in [0, 0.1) is 0 Å². The van der Waals surface area contributed by atoms with Gasteiger partial charge >= 0.3 is 0 Å². The highest BCUT2D eigenvalue weighted by molar-refractivity contribution is 8.00. The van der Waals surface area contributed by atoms with E-state index in [1.54, 1.807) is 0 Å². The van der Waals surface area contributed by atoms with Crippen LogP contribution in [-0.4, -0.2) is 21.2 Å². The van der Waals surface area contributed by atoms with E-state index >= 15 is 0 Å². The zero-order valence-electron chi connectivity index (χ0n) is 10.9. The highest BCUT2D eigenvalue weighted by atomic mass is 32.2. The Hall–Kier alpha value is 0.0500. The maximum Gasteiger partial charge on any atom is 0.0668 e. The first-order chi connectivity index (χ1) is 8.22. The Bertz CT molecular complexity index is 239. The molecule has 0 aromatic heterocycles. The molecule has 2 unspecified atom stereocenters. The first-order valence-electron chi connectivity index (χ1n) is 7.21. The lowest BCUT2D eigenvalue weighted by molar-refractivity contribution is 0.00240. The molecule has 0 radical (unpaired) electrons. The molecular formula is C15H26OS. The third-order valence-electron chi connectivity index (χ3n) is 4.20. The van der Waals surface area contributed by atoms with E-state index in [0.29, 0.717) is 0 Å². The molecule has 0 amide bonds. The average molecular weight is 254 g/mol. The molecule has 0 saturated carbocycles. The monoisotopic (exact) mass is 254 g/mol. The molecule has 2 fully saturated rings. The summed E-state index contributed by atoms with van der Waals surface area (Å²) in [6.07, 6.45) is 14.0. The largest absolute Gasteiger partial charge is 0.390 e. The molecule has 2 bridgehead atoms. The first-order valence-corrected chi connectivity index (χ1v) is 8.15. The number of thioether (sulfide) groups is 1. The van der Waals surface area contributed by atoms with E-state index in [-0.39, 0.29) is 5.60 Å². The summed E-state index contributed by atoms with van der Waals surface area (Å²) in [5, 5.41) is 12.2. The van der Waals surface area contributed by atoms with Gasteiger partial charge in [0.1, 0.15) is 0 Å². The average Bonchev–Trinajstić information content (AvgIpc) is 2.28. The van der Waals surface area contributed by atoms with E-state index in [1.165, 1.54) is 38.5 Å². The topological polar surface area (TPSA) is 20.2 Å². The number of hydrogen-bond acceptors (Lipinski definition) is 2. The Balaban J connectivity index is 1.72. The number of hydrogen-bond donors (Lipinski definition) is 1. The fraction of sp³-hybridized carbons (Fsp3) is 0.867. The Morgan fingerprint density at radius 1 is 1.18 bits per heavy atom. The third kappa shape index (κ3) is 4.03. The van der Waals surface area contributed by atoms with Gasteiger partial charge in [0.2, 0.25) is 0 Å². The van der Waals surface area contributed by atoms with Crippen LogP contribution in [0.15, 0.2) is 12.7 Å². The molecule has 2 aliphatic rings. The van der Waals surface area contributed by atoms with Crippen LogP contribution in [0.2, 0.25) is 0 Å². The molecule has 0 spiro atoms. The van der Waals surface area contributed by atoms with Crippen LogP contribution in [0.25, 0.3) is 0 Å². The van der Waals surface area contributed by atoms with E-state index in [4.69, 9.17) is 0 Å². The summed E-state index contributed by atoms with van der Waals surface area (Å²) in [7, 11) is 0. The van der Waals surface area contributed by atoms with Crippen molar-refractivity contribution in [1.82, 2.24) is 0 Å². The zero-order chi connectivity index (χ0) is 12.1. The molecule has 2 saturated heterocycles. The fourth-order valence-electron chi connectivity index (χ4n) is 3.34. The van der Waals surface area contributed by atoms with Crippen molar-refractivity contribution in [3.63, 3.8) is 0 Å². The molecule has 1 nitrogen and oxygen atoms in total. The molecule has 0 aromatic rings. The van der Waals surface area contributed by atoms with Crippen molar-refractivity contribution in [2.45, 2.75) is 80.3 Å². The second kappa shape index (κ2) is 6.29. The Labute approximate surface area is 110 Å². The fourth-order valence-corrected chi connectivity index (χ4v) is 5.30. The minimum Gasteiger partial charge on any atom is -0.390 e. The lowest BCUT2D eigenvalue weighted by atomic mass is 9.82. The quantitative estimate of drug-likeness (QED) is 0.563. The minimum absolute atomic E-state index is 0.324. The van der Waals surface area contributed by atoms with Crippen molar-refractivity contribution in [2.24, 2.45) is 0 Å². The van der Waals surface area contributed by atoms with E-state index in [2.05, 4.69) is 18.3 Å². The van der Waals surface area contributed by atoms with Gasteiger partial charge in [-0.05, 0) is 44.9 Å². The van der Waals surface area contributed by atoms with Gasteiger partial charge in [0, 0.05) is 10.5 Å². The van der Waals surface area contributed by atoms with Crippen molar-refractivity contribution in [2.75, 3.05) is 0 Å². The molecule has 2 rings (SSSR count). The summed E-state index contributed by atoms with van der Waals surface area (Å²) in [6, 6.07) is 0. The van der Waals surface area contributed by atoms with Crippen molar-refractivity contribution < 1.29 is 5.11 Å². The van der Waals surface area contributed by atoms with Crippen LogP contribution in [0.5, 0.6) is 0 Å². The van der Waals surface area contributed by atoms with Gasteiger partial charge in [-0.3, -0.25) is 0 Å². The third-order valence-corrected chi connectivity index (χ3v) is 5.78. The van der Waals surface area contributed by atoms with Crippen LogP contribution < -0.4 is 0 Å². The Morgan fingerprint density at radius 3 is 2.53 bits per heavy atom. The highest BCUT2D eigenvalue weighted by Crippen LogP contribution is 2.47. The predicted molar refractivity (Wildman–Crippen MR) is 76.5 cm³/mol. The standard InChI is InChI=1S/C15H26OS/c1-2-3-4-5-6-10-15(16)11-13-8-7-9-14(12-15)17-13/h2,13-14,16H,1,3-12H2. The molecular weight excluding hydrogens is 228 g/mol. The molecule has 2 atom stereocenters. The number of rotatable bonds is 6. The van der Waals surface area contributed by atoms with Gasteiger partial charge in [0.25, 0.3) is 0 Å². The lowest BCUT2D eigenvalue weighted by Crippen LogP contribution is -2.42. The smallest absolute Gasteiger partial charge is 0.0668 e. The van der Waals surface area contributed by atoms with E-state index in [1.807, 2.05) is 6.08 Å². The molecule has 0 aromatic carbocycles. The van der Waals surface area contributed by atoms with Crippen LogP contribution in [0.4, 0.5) is 0 Å². The minimum atomic E-state index is -0.324. The van der Waals surface area contributed by atoms with Crippen LogP contribution in [0.1, 0.15) is 64.2 Å². The zero-order valence-corrected chi connectivity index (χ0v) is 11.7. The molecule has 2 heterocycles. The van der Waals surface area contributed by atoms with E-state index in [9.17, 15) is 5.11 Å². The van der Waals surface area contributed by atoms with Gasteiger partial charge in [-0.2, -0.15) is 11.8 Å². The van der Waals surface area contributed by atoms with Gasteiger partial charge in [-0.1, -0.05) is 25.3 Å². The van der Waals surface area contributed by atoms with Crippen LogP contribution in [-0.2, 0) is 0 Å². The number of aliphatic hydroxyl groups is 1. The Morgan fingerprint density at radius 2 is 1.88 bits per heavy atom. The van der Waals surface area contributed by atoms with Crippen molar-refractivity contribution in [3.05, 3.63) is 12.7 Å². The van der Waals surface area contributed by atoms with E-state index in [0.717, 1.165) is 36.2 Å². The van der Waals surface area contributed by atoms with Crippen LogP contribution >= 0.6 is 11.8 Å². The SMILES string of the molecule is C=CCCCCCC1(O)CC2CCCC(C1)S2. The number of allylic oxidation sites excluding steroid dienone is 1. The summed E-state index contributed by atoms with van der Waals surface area (Å²) in [5.41, 5.74) is -0.324. The lowest BCUT2D eigenvalue weighted by Gasteiger charge is -2.44. The second-order valence-electron chi connectivity index (χ2n) is 5.83. The number of fused-ring (bicyclic) bond motifs is 2. The van der Waals surface area contributed by atoms with Crippen molar-refractivity contribution >= 4 is 11.8 Å². The van der Waals surface area contributed by atoms with Gasteiger partial charge in [0.15, 0.2) is 0 Å². The Kier molecular flexibility index (Phi) is 4.98. The molecule has 0 aliphatic carbocycles. The normalized spacial score (nSPS) is 36.8. The summed E-state index contributed by atoms with van der Waals surface area (Å²) in [5.74, 6) is 0. The second-order valence-corrected chi connectivity index (χ2v) is 7.44. The maximum absolute atomic E-state index is 10.7. The molecule has 2 aliphatic heterocycles. The molecule has 2 heteroatoms. The first kappa shape index (κ1) is 13.5. The number of unbranched alkanes of at least 4 members (excludes halogenated alkanes) is 3. The maximum atomic E-state index is 10.7. The molecule has 17 heavy (non-hydrogen) atoms. The van der Waals surface area contributed by atoms with Gasteiger partial charge < -0.3 is 5.11 Å².